The zero-order chi connectivity index (χ0) is 20.8. The summed E-state index contributed by atoms with van der Waals surface area (Å²) in [5.41, 5.74) is 0.593. The van der Waals surface area contributed by atoms with Crippen LogP contribution in [0.25, 0.3) is 0 Å². The van der Waals surface area contributed by atoms with Crippen molar-refractivity contribution in [1.29, 1.82) is 0 Å². The molecular weight excluding hydrogens is 389 g/mol. The molecule has 1 aromatic heterocycles. The zero-order valence-electron chi connectivity index (χ0n) is 15.9. The second-order valence-electron chi connectivity index (χ2n) is 7.24. The van der Waals surface area contributed by atoms with Crippen LogP contribution in [-0.2, 0) is 0 Å². The van der Waals surface area contributed by atoms with Crippen LogP contribution in [0, 0.1) is 0 Å². The van der Waals surface area contributed by atoms with E-state index in [4.69, 9.17) is 9.47 Å². The highest BCUT2D eigenvalue weighted by Gasteiger charge is 2.47. The van der Waals surface area contributed by atoms with Crippen LogP contribution in [0.4, 0.5) is 19.0 Å². The van der Waals surface area contributed by atoms with E-state index in [0.29, 0.717) is 23.5 Å². The number of ether oxygens (including phenoxy) is 2. The molecule has 7 nitrogen and oxygen atoms in total. The molecule has 0 saturated heterocycles. The summed E-state index contributed by atoms with van der Waals surface area (Å²) in [5.74, 6) is 0.714. The van der Waals surface area contributed by atoms with Gasteiger partial charge in [0.15, 0.2) is 23.2 Å². The minimum absolute atomic E-state index is 0.0478. The van der Waals surface area contributed by atoms with Gasteiger partial charge in [-0.1, -0.05) is 13.0 Å². The van der Waals surface area contributed by atoms with Gasteiger partial charge in [-0.3, -0.25) is 4.79 Å². The third-order valence-electron chi connectivity index (χ3n) is 5.21. The summed E-state index contributed by atoms with van der Waals surface area (Å²) in [4.78, 5) is 12.3. The number of rotatable bonds is 4. The van der Waals surface area contributed by atoms with Crippen molar-refractivity contribution in [1.82, 2.24) is 15.1 Å². The fourth-order valence-corrected chi connectivity index (χ4v) is 3.43. The molecular formula is C19H21F3N4O3. The summed E-state index contributed by atoms with van der Waals surface area (Å²) in [7, 11) is 0. The van der Waals surface area contributed by atoms with Gasteiger partial charge in [-0.2, -0.15) is 18.3 Å². The maximum atomic E-state index is 13.8. The number of nitrogens with zero attached hydrogens (tertiary/aromatic N) is 2. The van der Waals surface area contributed by atoms with Crippen LogP contribution in [-0.4, -0.2) is 34.7 Å². The number of benzene rings is 1. The predicted molar refractivity (Wildman–Crippen MR) is 98.1 cm³/mol. The van der Waals surface area contributed by atoms with Gasteiger partial charge in [-0.05, 0) is 31.0 Å². The van der Waals surface area contributed by atoms with E-state index in [9.17, 15) is 18.0 Å². The molecule has 0 radical (unpaired) electrons. The van der Waals surface area contributed by atoms with Gasteiger partial charge < -0.3 is 20.1 Å². The maximum Gasteiger partial charge on any atom is 0.410 e. The normalized spacial score (nSPS) is 21.3. The van der Waals surface area contributed by atoms with Crippen molar-refractivity contribution in [2.45, 2.75) is 51.0 Å². The van der Waals surface area contributed by atoms with Crippen molar-refractivity contribution in [3.05, 3.63) is 35.5 Å². The van der Waals surface area contributed by atoms with Crippen LogP contribution in [0.1, 0.15) is 54.8 Å². The monoisotopic (exact) mass is 410 g/mol. The molecule has 0 spiro atoms. The van der Waals surface area contributed by atoms with E-state index in [-0.39, 0.29) is 30.8 Å². The molecule has 156 valence electrons. The van der Waals surface area contributed by atoms with E-state index in [1.807, 2.05) is 13.8 Å². The van der Waals surface area contributed by atoms with Crippen molar-refractivity contribution in [2.24, 2.45) is 0 Å². The van der Waals surface area contributed by atoms with Crippen LogP contribution in [0.3, 0.4) is 0 Å². The number of aromatic nitrogens is 2. The zero-order valence-corrected chi connectivity index (χ0v) is 15.9. The summed E-state index contributed by atoms with van der Waals surface area (Å²) < 4.78 is 52.8. The Bertz CT molecular complexity index is 928. The van der Waals surface area contributed by atoms with Crippen molar-refractivity contribution < 1.29 is 27.4 Å². The highest BCUT2D eigenvalue weighted by atomic mass is 19.4. The molecule has 3 atom stereocenters. The average Bonchev–Trinajstić information content (AvgIpc) is 3.32. The van der Waals surface area contributed by atoms with Gasteiger partial charge in [0, 0.05) is 18.5 Å². The van der Waals surface area contributed by atoms with Crippen molar-refractivity contribution in [3.63, 3.8) is 0 Å². The molecule has 2 N–H and O–H groups in total. The van der Waals surface area contributed by atoms with E-state index in [1.54, 1.807) is 18.2 Å². The molecule has 1 amide bonds. The number of carbonyl (C=O) groups excluding carboxylic acids is 1. The Morgan fingerprint density at radius 1 is 1.34 bits per heavy atom. The van der Waals surface area contributed by atoms with E-state index in [1.165, 1.54) is 6.07 Å². The van der Waals surface area contributed by atoms with Crippen LogP contribution < -0.4 is 20.1 Å². The van der Waals surface area contributed by atoms with E-state index in [0.717, 1.165) is 4.68 Å². The van der Waals surface area contributed by atoms with Crippen LogP contribution in [0.15, 0.2) is 24.3 Å². The number of anilines is 1. The molecule has 10 heteroatoms. The Kier molecular flexibility index (Phi) is 4.79. The first-order valence-corrected chi connectivity index (χ1v) is 9.39. The Hall–Kier alpha value is -2.91. The highest BCUT2D eigenvalue weighted by molar-refractivity contribution is 5.93. The number of fused-ring (bicyclic) bond motifs is 2. The fourth-order valence-electron chi connectivity index (χ4n) is 3.43. The summed E-state index contributed by atoms with van der Waals surface area (Å²) in [5, 5.41) is 9.75. The van der Waals surface area contributed by atoms with Crippen molar-refractivity contribution in [2.75, 3.05) is 12.1 Å². The number of amides is 1. The molecule has 4 rings (SSSR count). The summed E-state index contributed by atoms with van der Waals surface area (Å²) >= 11 is 0. The number of hydrogen-bond donors (Lipinski definition) is 2. The largest absolute Gasteiger partial charge is 0.454 e. The lowest BCUT2D eigenvalue weighted by Gasteiger charge is -2.33. The quantitative estimate of drug-likeness (QED) is 0.802. The van der Waals surface area contributed by atoms with E-state index < -0.39 is 24.2 Å². The van der Waals surface area contributed by atoms with Gasteiger partial charge in [0.05, 0.1) is 6.04 Å². The lowest BCUT2D eigenvalue weighted by Crippen LogP contribution is -2.36. The Balaban J connectivity index is 1.65. The van der Waals surface area contributed by atoms with E-state index in [2.05, 4.69) is 15.7 Å². The number of carbonyl (C=O) groups is 1. The second kappa shape index (κ2) is 7.16. The topological polar surface area (TPSA) is 77.4 Å². The molecule has 2 aliphatic heterocycles. The standard InChI is InChI=1S/C19H21F3N4O3/c1-3-10(2)23-18(27)13-8-17-24-12(7-16(19(20,21)22)26(17)25-13)11-4-5-14-15(6-11)29-9-28-14/h4-6,8,10,12,16,24H,3,7,9H2,1-2H3,(H,23,27)/t10-,12-,16-/m1/s1. The molecule has 0 bridgehead atoms. The molecule has 1 aromatic carbocycles. The van der Waals surface area contributed by atoms with Gasteiger partial charge in [0.1, 0.15) is 5.82 Å². The number of halogens is 3. The van der Waals surface area contributed by atoms with Crippen molar-refractivity contribution >= 4 is 11.7 Å². The SMILES string of the molecule is CC[C@@H](C)NC(=O)c1cc2n(n1)[C@@H](C(F)(F)F)C[C@H](c1ccc3c(c1)OCO3)N2. The molecule has 0 unspecified atom stereocenters. The molecule has 0 saturated carbocycles. The first-order valence-electron chi connectivity index (χ1n) is 9.39. The van der Waals surface area contributed by atoms with E-state index >= 15 is 0 Å². The van der Waals surface area contributed by atoms with Gasteiger partial charge in [0.25, 0.3) is 5.91 Å². The Labute approximate surface area is 165 Å². The van der Waals surface area contributed by atoms with Crippen LogP contribution in [0.2, 0.25) is 0 Å². The van der Waals surface area contributed by atoms with Gasteiger partial charge in [-0.15, -0.1) is 0 Å². The summed E-state index contributed by atoms with van der Waals surface area (Å²) in [6.07, 6.45) is -4.07. The third-order valence-corrected chi connectivity index (χ3v) is 5.21. The average molecular weight is 410 g/mol. The third kappa shape index (κ3) is 3.70. The van der Waals surface area contributed by atoms with Crippen LogP contribution >= 0.6 is 0 Å². The molecule has 29 heavy (non-hydrogen) atoms. The van der Waals surface area contributed by atoms with Gasteiger partial charge >= 0.3 is 6.18 Å². The lowest BCUT2D eigenvalue weighted by atomic mass is 9.96. The molecule has 2 aromatic rings. The summed E-state index contributed by atoms with van der Waals surface area (Å²) in [6, 6.07) is 3.85. The maximum absolute atomic E-state index is 13.8. The minimum atomic E-state index is -4.51. The number of alkyl halides is 3. The van der Waals surface area contributed by atoms with Crippen molar-refractivity contribution in [3.8, 4) is 11.5 Å². The van der Waals surface area contributed by atoms with Gasteiger partial charge in [-0.25, -0.2) is 4.68 Å². The molecule has 3 heterocycles. The first kappa shape index (κ1) is 19.4. The van der Waals surface area contributed by atoms with Gasteiger partial charge in [0.2, 0.25) is 6.79 Å². The molecule has 0 fully saturated rings. The molecule has 0 aliphatic carbocycles. The first-order chi connectivity index (χ1) is 13.8. The highest BCUT2D eigenvalue weighted by Crippen LogP contribution is 2.45. The predicted octanol–water partition coefficient (Wildman–Crippen LogP) is 3.80. The second-order valence-corrected chi connectivity index (χ2v) is 7.24. The number of hydrogen-bond acceptors (Lipinski definition) is 5. The fraction of sp³-hybridized carbons (Fsp3) is 0.474. The Morgan fingerprint density at radius 2 is 2.10 bits per heavy atom. The smallest absolute Gasteiger partial charge is 0.410 e. The van der Waals surface area contributed by atoms with Crippen LogP contribution in [0.5, 0.6) is 11.5 Å². The Morgan fingerprint density at radius 3 is 2.83 bits per heavy atom. The molecule has 2 aliphatic rings. The number of nitrogens with one attached hydrogen (secondary N) is 2. The summed E-state index contributed by atoms with van der Waals surface area (Å²) in [6.45, 7) is 3.81. The lowest BCUT2D eigenvalue weighted by molar-refractivity contribution is -0.173. The minimum Gasteiger partial charge on any atom is -0.454 e.